The number of nitrogens with one attached hydrogen (secondary N) is 2. The first-order valence-electron chi connectivity index (χ1n) is 10.6. The van der Waals surface area contributed by atoms with E-state index in [2.05, 4.69) is 15.7 Å². The topological polar surface area (TPSA) is 96.3 Å². The third kappa shape index (κ3) is 3.96. The molecule has 0 radical (unpaired) electrons. The van der Waals surface area contributed by atoms with Crippen LogP contribution in [0.1, 0.15) is 60.0 Å². The van der Waals surface area contributed by atoms with E-state index in [1.807, 2.05) is 0 Å². The van der Waals surface area contributed by atoms with E-state index in [1.54, 1.807) is 14.0 Å². The van der Waals surface area contributed by atoms with Crippen LogP contribution in [0.4, 0.5) is 14.5 Å². The largest absolute Gasteiger partial charge is 0.351 e. The van der Waals surface area contributed by atoms with Crippen LogP contribution in [0.5, 0.6) is 0 Å². The first kappa shape index (κ1) is 21.9. The van der Waals surface area contributed by atoms with Crippen LogP contribution < -0.4 is 10.6 Å². The Labute approximate surface area is 184 Å². The minimum absolute atomic E-state index is 0.0708. The van der Waals surface area contributed by atoms with Crippen LogP contribution in [-0.4, -0.2) is 51.0 Å². The molecule has 0 bridgehead atoms. The molecule has 10 heteroatoms. The van der Waals surface area contributed by atoms with Crippen LogP contribution in [-0.2, 0) is 11.3 Å². The number of nitrogens with zero attached hydrogens (tertiary/aromatic N) is 3. The molecule has 0 unspecified atom stereocenters. The molecule has 1 aliphatic carbocycles. The SMILES string of the molecule is CN1C(=O)c2cc(C(=O)Nc3ccc(F)cc3F)nn2C[C@@]1(C)C(=O)NC1CCCCC1. The molecule has 0 spiro atoms. The summed E-state index contributed by atoms with van der Waals surface area (Å²) in [6.07, 6.45) is 5.11. The number of fused-ring (bicyclic) bond motifs is 1. The van der Waals surface area contributed by atoms with Crippen LogP contribution in [0, 0.1) is 11.6 Å². The molecular formula is C22H25F2N5O3. The fraction of sp³-hybridized carbons (Fsp3) is 0.455. The van der Waals surface area contributed by atoms with Gasteiger partial charge in [-0.25, -0.2) is 8.78 Å². The second-order valence-corrected chi connectivity index (χ2v) is 8.60. The zero-order valence-corrected chi connectivity index (χ0v) is 18.0. The second-order valence-electron chi connectivity index (χ2n) is 8.60. The van der Waals surface area contributed by atoms with Crippen LogP contribution >= 0.6 is 0 Å². The standard InChI is InChI=1S/C22H25F2N5O3/c1-22(21(32)25-14-6-4-3-5-7-14)12-29-18(20(31)28(22)2)11-17(27-29)19(30)26-16-9-8-13(23)10-15(16)24/h8-11,14H,3-7,12H2,1-2H3,(H,25,32)(H,26,30)/t22-/m0/s1. The van der Waals surface area contributed by atoms with Gasteiger partial charge in [0, 0.05) is 25.2 Å². The van der Waals surface area contributed by atoms with Crippen molar-refractivity contribution in [2.75, 3.05) is 12.4 Å². The lowest BCUT2D eigenvalue weighted by molar-refractivity contribution is -0.133. The number of rotatable bonds is 4. The predicted molar refractivity (Wildman–Crippen MR) is 112 cm³/mol. The van der Waals surface area contributed by atoms with Crippen molar-refractivity contribution in [2.45, 2.75) is 57.2 Å². The summed E-state index contributed by atoms with van der Waals surface area (Å²) in [4.78, 5) is 40.0. The number of halogens is 2. The van der Waals surface area contributed by atoms with Crippen molar-refractivity contribution < 1.29 is 23.2 Å². The summed E-state index contributed by atoms with van der Waals surface area (Å²) in [5, 5.41) is 9.57. The molecule has 4 rings (SSSR count). The van der Waals surface area contributed by atoms with Gasteiger partial charge in [0.2, 0.25) is 5.91 Å². The monoisotopic (exact) mass is 445 g/mol. The highest BCUT2D eigenvalue weighted by molar-refractivity contribution is 6.05. The van der Waals surface area contributed by atoms with Crippen LogP contribution in [0.2, 0.25) is 0 Å². The van der Waals surface area contributed by atoms with Crippen molar-refractivity contribution >= 4 is 23.4 Å². The molecule has 0 saturated heterocycles. The Morgan fingerprint density at radius 1 is 1.16 bits per heavy atom. The van der Waals surface area contributed by atoms with Crippen LogP contribution in [0.15, 0.2) is 24.3 Å². The number of aromatic nitrogens is 2. The maximum Gasteiger partial charge on any atom is 0.276 e. The summed E-state index contributed by atoms with van der Waals surface area (Å²) in [5.41, 5.74) is -1.34. The molecule has 2 aromatic rings. The molecule has 1 fully saturated rings. The van der Waals surface area contributed by atoms with E-state index >= 15 is 0 Å². The van der Waals surface area contributed by atoms with Gasteiger partial charge in [-0.15, -0.1) is 0 Å². The number of amides is 3. The van der Waals surface area contributed by atoms with E-state index in [4.69, 9.17) is 0 Å². The minimum Gasteiger partial charge on any atom is -0.351 e. The molecule has 2 N–H and O–H groups in total. The van der Waals surface area contributed by atoms with E-state index in [-0.39, 0.29) is 35.6 Å². The third-order valence-electron chi connectivity index (χ3n) is 6.34. The zero-order valence-electron chi connectivity index (χ0n) is 18.0. The Morgan fingerprint density at radius 2 is 1.88 bits per heavy atom. The predicted octanol–water partition coefficient (Wildman–Crippen LogP) is 2.71. The summed E-state index contributed by atoms with van der Waals surface area (Å²) < 4.78 is 28.3. The zero-order chi connectivity index (χ0) is 23.0. The van der Waals surface area contributed by atoms with Crippen molar-refractivity contribution in [3.8, 4) is 0 Å². The van der Waals surface area contributed by atoms with Gasteiger partial charge in [-0.3, -0.25) is 19.1 Å². The number of benzene rings is 1. The normalized spacial score (nSPS) is 21.2. The van der Waals surface area contributed by atoms with Gasteiger partial charge in [0.15, 0.2) is 5.69 Å². The third-order valence-corrected chi connectivity index (χ3v) is 6.34. The lowest BCUT2D eigenvalue weighted by Gasteiger charge is -2.41. The van der Waals surface area contributed by atoms with Gasteiger partial charge in [0.1, 0.15) is 22.9 Å². The first-order valence-corrected chi connectivity index (χ1v) is 10.6. The summed E-state index contributed by atoms with van der Waals surface area (Å²) >= 11 is 0. The van der Waals surface area contributed by atoms with Gasteiger partial charge < -0.3 is 15.5 Å². The summed E-state index contributed by atoms with van der Waals surface area (Å²) in [7, 11) is 1.55. The van der Waals surface area contributed by atoms with Gasteiger partial charge in [-0.1, -0.05) is 19.3 Å². The minimum atomic E-state index is -1.18. The van der Waals surface area contributed by atoms with Gasteiger partial charge in [0.05, 0.1) is 12.2 Å². The number of likely N-dealkylation sites (N-methyl/N-ethyl adjacent to an activating group) is 1. The van der Waals surface area contributed by atoms with Crippen molar-refractivity contribution in [3.05, 3.63) is 47.3 Å². The smallest absolute Gasteiger partial charge is 0.276 e. The molecule has 1 aromatic carbocycles. The molecule has 3 amide bonds. The van der Waals surface area contributed by atoms with E-state index in [0.29, 0.717) is 6.07 Å². The number of carbonyl (C=O) groups excluding carboxylic acids is 3. The maximum absolute atomic E-state index is 13.9. The van der Waals surface area contributed by atoms with Crippen LogP contribution in [0.25, 0.3) is 0 Å². The van der Waals surface area contributed by atoms with Crippen LogP contribution in [0.3, 0.4) is 0 Å². The highest BCUT2D eigenvalue weighted by Gasteiger charge is 2.46. The fourth-order valence-corrected chi connectivity index (χ4v) is 4.20. The van der Waals surface area contributed by atoms with E-state index in [0.717, 1.165) is 44.2 Å². The van der Waals surface area contributed by atoms with Gasteiger partial charge in [0.25, 0.3) is 11.8 Å². The average Bonchev–Trinajstić information content (AvgIpc) is 3.18. The lowest BCUT2D eigenvalue weighted by Crippen LogP contribution is -2.63. The van der Waals surface area contributed by atoms with Gasteiger partial charge >= 0.3 is 0 Å². The molecular weight excluding hydrogens is 420 g/mol. The summed E-state index contributed by atoms with van der Waals surface area (Å²) in [6, 6.07) is 4.16. The Morgan fingerprint density at radius 3 is 2.56 bits per heavy atom. The Balaban J connectivity index is 1.54. The number of anilines is 1. The highest BCUT2D eigenvalue weighted by atomic mass is 19.1. The first-order chi connectivity index (χ1) is 15.2. The number of hydrogen-bond donors (Lipinski definition) is 2. The van der Waals surface area contributed by atoms with Crippen molar-refractivity contribution in [1.29, 1.82) is 0 Å². The Kier molecular flexibility index (Phi) is 5.70. The summed E-state index contributed by atoms with van der Waals surface area (Å²) in [6.45, 7) is 1.74. The van der Waals surface area contributed by atoms with E-state index in [1.165, 1.54) is 15.6 Å². The molecule has 1 saturated carbocycles. The van der Waals surface area contributed by atoms with Crippen molar-refractivity contribution in [2.24, 2.45) is 0 Å². The van der Waals surface area contributed by atoms with Crippen molar-refractivity contribution in [3.63, 3.8) is 0 Å². The van der Waals surface area contributed by atoms with Gasteiger partial charge in [-0.2, -0.15) is 5.10 Å². The molecule has 170 valence electrons. The lowest BCUT2D eigenvalue weighted by atomic mass is 9.92. The van der Waals surface area contributed by atoms with Gasteiger partial charge in [-0.05, 0) is 31.9 Å². The number of hydrogen-bond acceptors (Lipinski definition) is 4. The fourth-order valence-electron chi connectivity index (χ4n) is 4.20. The van der Waals surface area contributed by atoms with E-state index < -0.39 is 29.0 Å². The second kappa shape index (κ2) is 8.33. The molecule has 32 heavy (non-hydrogen) atoms. The molecule has 1 atom stereocenters. The number of carbonyl (C=O) groups is 3. The summed E-state index contributed by atoms with van der Waals surface area (Å²) in [5.74, 6) is -3.15. The molecule has 1 aromatic heterocycles. The highest BCUT2D eigenvalue weighted by Crippen LogP contribution is 2.27. The quantitative estimate of drug-likeness (QED) is 0.756. The molecule has 8 nitrogen and oxygen atoms in total. The molecule has 2 aliphatic rings. The Hall–Kier alpha value is -3.30. The molecule has 2 heterocycles. The maximum atomic E-state index is 13.9. The average molecular weight is 445 g/mol. The van der Waals surface area contributed by atoms with E-state index in [9.17, 15) is 23.2 Å². The molecule has 1 aliphatic heterocycles. The van der Waals surface area contributed by atoms with Crippen molar-refractivity contribution in [1.82, 2.24) is 20.0 Å². The Bertz CT molecular complexity index is 1080.